The van der Waals surface area contributed by atoms with E-state index in [9.17, 15) is 9.59 Å². The quantitative estimate of drug-likeness (QED) is 0.477. The van der Waals surface area contributed by atoms with Gasteiger partial charge < -0.3 is 14.8 Å². The molecule has 1 amide bonds. The number of anilines is 1. The van der Waals surface area contributed by atoms with Crippen molar-refractivity contribution in [1.29, 1.82) is 0 Å². The summed E-state index contributed by atoms with van der Waals surface area (Å²) in [5, 5.41) is 13.9. The summed E-state index contributed by atoms with van der Waals surface area (Å²) in [6, 6.07) is 12.4. The molecule has 152 valence electrons. The number of esters is 1. The fourth-order valence-corrected chi connectivity index (χ4v) is 3.06. The zero-order valence-electron chi connectivity index (χ0n) is 16.4. The van der Waals surface area contributed by atoms with Gasteiger partial charge >= 0.3 is 5.97 Å². The van der Waals surface area contributed by atoms with Crippen LogP contribution in [0.1, 0.15) is 27.8 Å². The van der Waals surface area contributed by atoms with Crippen LogP contribution in [-0.2, 0) is 4.74 Å². The van der Waals surface area contributed by atoms with Crippen LogP contribution in [0.5, 0.6) is 5.75 Å². The number of hydrogen-bond donors (Lipinski definition) is 2. The molecule has 0 aliphatic carbocycles. The summed E-state index contributed by atoms with van der Waals surface area (Å²) in [6.45, 7) is 2.00. The van der Waals surface area contributed by atoms with Gasteiger partial charge in [-0.25, -0.2) is 9.31 Å². The van der Waals surface area contributed by atoms with Crippen molar-refractivity contribution >= 4 is 23.1 Å². The van der Waals surface area contributed by atoms with Gasteiger partial charge in [0.15, 0.2) is 0 Å². The molecule has 0 bridgehead atoms. The molecule has 2 N–H and O–H groups in total. The third kappa shape index (κ3) is 3.60. The van der Waals surface area contributed by atoms with E-state index in [1.54, 1.807) is 38.4 Å². The van der Waals surface area contributed by atoms with Crippen molar-refractivity contribution in [1.82, 2.24) is 19.8 Å². The largest absolute Gasteiger partial charge is 0.496 e. The van der Waals surface area contributed by atoms with Gasteiger partial charge in [0.1, 0.15) is 17.0 Å². The predicted molar refractivity (Wildman–Crippen MR) is 110 cm³/mol. The van der Waals surface area contributed by atoms with E-state index in [0.717, 1.165) is 5.56 Å². The predicted octanol–water partition coefficient (Wildman–Crippen LogP) is 3.16. The van der Waals surface area contributed by atoms with Gasteiger partial charge in [0.2, 0.25) is 0 Å². The first-order chi connectivity index (χ1) is 14.6. The van der Waals surface area contributed by atoms with Crippen LogP contribution in [-0.4, -0.2) is 45.4 Å². The van der Waals surface area contributed by atoms with E-state index in [-0.39, 0.29) is 18.2 Å². The number of carbonyl (C=O) groups is 2. The number of pyridine rings is 1. The molecule has 0 aliphatic heterocycles. The lowest BCUT2D eigenvalue weighted by atomic mass is 10.1. The number of aromatic amines is 1. The summed E-state index contributed by atoms with van der Waals surface area (Å²) >= 11 is 0. The number of nitrogens with one attached hydrogen (secondary N) is 2. The molecule has 0 spiro atoms. The zero-order chi connectivity index (χ0) is 21.1. The van der Waals surface area contributed by atoms with E-state index < -0.39 is 5.97 Å². The number of H-pyrrole nitrogens is 1. The van der Waals surface area contributed by atoms with E-state index in [2.05, 4.69) is 20.6 Å². The maximum atomic E-state index is 12.7. The van der Waals surface area contributed by atoms with E-state index in [0.29, 0.717) is 28.2 Å². The van der Waals surface area contributed by atoms with Crippen LogP contribution in [0.25, 0.3) is 16.8 Å². The zero-order valence-corrected chi connectivity index (χ0v) is 16.4. The SMILES string of the molecule is CCOC(=O)c1cnn2ccc(NC(=O)c3cc(-c4ccccc4OC)n[nH]3)cc12. The average molecular weight is 405 g/mol. The first kappa shape index (κ1) is 19.2. The lowest BCUT2D eigenvalue weighted by Crippen LogP contribution is -2.12. The van der Waals surface area contributed by atoms with Crippen molar-refractivity contribution in [3.8, 4) is 17.0 Å². The standard InChI is InChI=1S/C21H19N5O4/c1-3-30-21(28)15-12-22-26-9-8-13(10-18(15)26)23-20(27)17-11-16(24-25-17)14-6-4-5-7-19(14)29-2/h4-12H,3H2,1-2H3,(H,23,27)(H,24,25). The molecule has 4 aromatic rings. The highest BCUT2D eigenvalue weighted by molar-refractivity contribution is 6.04. The number of fused-ring (bicyclic) bond motifs is 1. The van der Waals surface area contributed by atoms with E-state index in [1.165, 1.54) is 10.7 Å². The molecule has 30 heavy (non-hydrogen) atoms. The Labute approximate surface area is 171 Å². The first-order valence-electron chi connectivity index (χ1n) is 9.25. The van der Waals surface area contributed by atoms with Crippen molar-refractivity contribution in [2.24, 2.45) is 0 Å². The molecule has 0 atom stereocenters. The maximum Gasteiger partial charge on any atom is 0.341 e. The summed E-state index contributed by atoms with van der Waals surface area (Å²) in [5.74, 6) is -0.176. The molecule has 9 nitrogen and oxygen atoms in total. The second-order valence-corrected chi connectivity index (χ2v) is 6.35. The number of methoxy groups -OCH3 is 1. The Balaban J connectivity index is 1.57. The van der Waals surface area contributed by atoms with Crippen molar-refractivity contribution in [3.63, 3.8) is 0 Å². The smallest absolute Gasteiger partial charge is 0.341 e. The van der Waals surface area contributed by atoms with Gasteiger partial charge in [0, 0.05) is 17.4 Å². The minimum absolute atomic E-state index is 0.265. The number of nitrogens with zero attached hydrogens (tertiary/aromatic N) is 3. The van der Waals surface area contributed by atoms with E-state index in [4.69, 9.17) is 9.47 Å². The van der Waals surface area contributed by atoms with Gasteiger partial charge in [0.05, 0.1) is 31.1 Å². The van der Waals surface area contributed by atoms with E-state index >= 15 is 0 Å². The molecule has 0 unspecified atom stereocenters. The Kier molecular flexibility index (Phi) is 5.17. The molecule has 3 aromatic heterocycles. The molecule has 0 radical (unpaired) electrons. The highest BCUT2D eigenvalue weighted by Gasteiger charge is 2.16. The molecule has 0 fully saturated rings. The third-order valence-corrected chi connectivity index (χ3v) is 4.48. The molecule has 0 aliphatic rings. The minimum Gasteiger partial charge on any atom is -0.496 e. The second-order valence-electron chi connectivity index (χ2n) is 6.35. The Morgan fingerprint density at radius 2 is 2.03 bits per heavy atom. The summed E-state index contributed by atoms with van der Waals surface area (Å²) in [6.07, 6.45) is 3.09. The Hall–Kier alpha value is -4.14. The third-order valence-electron chi connectivity index (χ3n) is 4.48. The molecule has 3 heterocycles. The molecule has 4 rings (SSSR count). The number of aromatic nitrogens is 4. The van der Waals surface area contributed by atoms with Gasteiger partial charge in [-0.2, -0.15) is 10.2 Å². The molecule has 1 aromatic carbocycles. The van der Waals surface area contributed by atoms with Crippen LogP contribution >= 0.6 is 0 Å². The molecular formula is C21H19N5O4. The number of hydrogen-bond acceptors (Lipinski definition) is 6. The highest BCUT2D eigenvalue weighted by atomic mass is 16.5. The number of amides is 1. The van der Waals surface area contributed by atoms with Crippen LogP contribution in [0.3, 0.4) is 0 Å². The normalized spacial score (nSPS) is 10.7. The summed E-state index contributed by atoms with van der Waals surface area (Å²) in [5.41, 5.74) is 3.02. The van der Waals surface area contributed by atoms with Crippen LogP contribution in [0.4, 0.5) is 5.69 Å². The minimum atomic E-state index is -0.467. The van der Waals surface area contributed by atoms with Crippen molar-refractivity contribution in [3.05, 3.63) is 66.1 Å². The summed E-state index contributed by atoms with van der Waals surface area (Å²) < 4.78 is 11.9. The molecular weight excluding hydrogens is 386 g/mol. The first-order valence-corrected chi connectivity index (χ1v) is 9.25. The molecule has 9 heteroatoms. The average Bonchev–Trinajstić information content (AvgIpc) is 3.41. The Morgan fingerprint density at radius 1 is 1.20 bits per heavy atom. The number of rotatable bonds is 6. The Bertz CT molecular complexity index is 1230. The number of ether oxygens (including phenoxy) is 2. The summed E-state index contributed by atoms with van der Waals surface area (Å²) in [4.78, 5) is 24.8. The van der Waals surface area contributed by atoms with Crippen LogP contribution in [0.2, 0.25) is 0 Å². The number of carbonyl (C=O) groups excluding carboxylic acids is 2. The van der Waals surface area contributed by atoms with Crippen molar-refractivity contribution < 1.29 is 19.1 Å². The van der Waals surface area contributed by atoms with Crippen LogP contribution < -0.4 is 10.1 Å². The lowest BCUT2D eigenvalue weighted by Gasteiger charge is -2.05. The lowest BCUT2D eigenvalue weighted by molar-refractivity contribution is 0.0528. The maximum absolute atomic E-state index is 12.7. The van der Waals surface area contributed by atoms with Gasteiger partial charge in [0.25, 0.3) is 5.91 Å². The highest BCUT2D eigenvalue weighted by Crippen LogP contribution is 2.28. The van der Waals surface area contributed by atoms with Crippen LogP contribution in [0.15, 0.2) is 54.9 Å². The molecule has 0 saturated carbocycles. The van der Waals surface area contributed by atoms with Crippen molar-refractivity contribution in [2.45, 2.75) is 6.92 Å². The van der Waals surface area contributed by atoms with Crippen LogP contribution in [0, 0.1) is 0 Å². The fourth-order valence-electron chi connectivity index (χ4n) is 3.06. The summed E-state index contributed by atoms with van der Waals surface area (Å²) in [7, 11) is 1.58. The number of para-hydroxylation sites is 1. The van der Waals surface area contributed by atoms with Gasteiger partial charge in [-0.15, -0.1) is 0 Å². The fraction of sp³-hybridized carbons (Fsp3) is 0.143. The Morgan fingerprint density at radius 3 is 2.83 bits per heavy atom. The van der Waals surface area contributed by atoms with Gasteiger partial charge in [-0.3, -0.25) is 9.89 Å². The second kappa shape index (κ2) is 8.08. The van der Waals surface area contributed by atoms with Gasteiger partial charge in [-0.1, -0.05) is 12.1 Å². The molecule has 0 saturated heterocycles. The number of benzene rings is 1. The monoisotopic (exact) mass is 405 g/mol. The van der Waals surface area contributed by atoms with Crippen molar-refractivity contribution in [2.75, 3.05) is 19.0 Å². The topological polar surface area (TPSA) is 111 Å². The van der Waals surface area contributed by atoms with E-state index in [1.807, 2.05) is 24.3 Å². The van der Waals surface area contributed by atoms with Gasteiger partial charge in [-0.05, 0) is 37.3 Å².